The normalized spacial score (nSPS) is 34.2. The highest BCUT2D eigenvalue weighted by Gasteiger charge is 2.33. The molecule has 3 nitrogen and oxygen atoms in total. The third-order valence-corrected chi connectivity index (χ3v) is 4.39. The molecule has 0 aromatic heterocycles. The van der Waals surface area contributed by atoms with Gasteiger partial charge < -0.3 is 15.0 Å². The van der Waals surface area contributed by atoms with E-state index in [0.717, 1.165) is 31.5 Å². The second-order valence-electron chi connectivity index (χ2n) is 6.05. The van der Waals surface area contributed by atoms with Crippen molar-refractivity contribution >= 4 is 0 Å². The average Bonchev–Trinajstić information content (AvgIpc) is 2.81. The molecule has 1 aliphatic heterocycles. The minimum Gasteiger partial charge on any atom is -0.377 e. The van der Waals surface area contributed by atoms with Gasteiger partial charge in [-0.25, -0.2) is 0 Å². The molecular formula is C14H28N2O. The molecule has 2 fully saturated rings. The van der Waals surface area contributed by atoms with E-state index >= 15 is 0 Å². The van der Waals surface area contributed by atoms with Gasteiger partial charge in [0.15, 0.2) is 0 Å². The first kappa shape index (κ1) is 13.3. The summed E-state index contributed by atoms with van der Waals surface area (Å²) in [7, 11) is 2.25. The van der Waals surface area contributed by atoms with Gasteiger partial charge in [-0.1, -0.05) is 6.92 Å². The molecule has 1 aliphatic carbocycles. The molecule has 0 aromatic carbocycles. The molecule has 3 heteroatoms. The largest absolute Gasteiger partial charge is 0.377 e. The van der Waals surface area contributed by atoms with Crippen LogP contribution in [0.15, 0.2) is 0 Å². The van der Waals surface area contributed by atoms with Gasteiger partial charge in [0.05, 0.1) is 6.10 Å². The highest BCUT2D eigenvalue weighted by atomic mass is 16.5. The Hall–Kier alpha value is -0.120. The SMILES string of the molecule is CC1CC1CN(C)C(C)CNCC1CCCO1. The number of hydrogen-bond acceptors (Lipinski definition) is 3. The quantitative estimate of drug-likeness (QED) is 0.733. The van der Waals surface area contributed by atoms with Gasteiger partial charge >= 0.3 is 0 Å². The standard InChI is InChI=1S/C14H28N2O/c1-11-7-13(11)10-16(3)12(2)8-15-9-14-5-4-6-17-14/h11-15H,4-10H2,1-3H3. The lowest BCUT2D eigenvalue weighted by molar-refractivity contribution is 0.108. The van der Waals surface area contributed by atoms with E-state index in [9.17, 15) is 0 Å². The monoisotopic (exact) mass is 240 g/mol. The van der Waals surface area contributed by atoms with Gasteiger partial charge in [-0.15, -0.1) is 0 Å². The zero-order valence-electron chi connectivity index (χ0n) is 11.6. The molecule has 4 atom stereocenters. The minimum absolute atomic E-state index is 0.468. The predicted octanol–water partition coefficient (Wildman–Crippen LogP) is 1.73. The van der Waals surface area contributed by atoms with Crippen LogP contribution in [0.2, 0.25) is 0 Å². The summed E-state index contributed by atoms with van der Waals surface area (Å²) in [5, 5.41) is 3.55. The Morgan fingerprint density at radius 3 is 2.82 bits per heavy atom. The Morgan fingerprint density at radius 2 is 2.24 bits per heavy atom. The van der Waals surface area contributed by atoms with Crippen LogP contribution in [0.25, 0.3) is 0 Å². The van der Waals surface area contributed by atoms with Gasteiger partial charge in [-0.2, -0.15) is 0 Å². The third-order valence-electron chi connectivity index (χ3n) is 4.39. The highest BCUT2D eigenvalue weighted by molar-refractivity contribution is 4.85. The number of nitrogens with one attached hydrogen (secondary N) is 1. The van der Waals surface area contributed by atoms with Gasteiger partial charge in [0, 0.05) is 32.3 Å². The molecular weight excluding hydrogens is 212 g/mol. The summed E-state index contributed by atoms with van der Waals surface area (Å²) >= 11 is 0. The first-order chi connectivity index (χ1) is 8.16. The molecule has 100 valence electrons. The van der Waals surface area contributed by atoms with E-state index < -0.39 is 0 Å². The summed E-state index contributed by atoms with van der Waals surface area (Å²) in [6.45, 7) is 9.01. The van der Waals surface area contributed by atoms with Crippen molar-refractivity contribution in [1.82, 2.24) is 10.2 Å². The molecule has 2 aliphatic rings. The van der Waals surface area contributed by atoms with E-state index in [1.165, 1.54) is 25.8 Å². The maximum absolute atomic E-state index is 5.61. The van der Waals surface area contributed by atoms with E-state index in [-0.39, 0.29) is 0 Å². The number of likely N-dealkylation sites (N-methyl/N-ethyl adjacent to an activating group) is 1. The molecule has 1 saturated heterocycles. The number of ether oxygens (including phenoxy) is 1. The summed E-state index contributed by atoms with van der Waals surface area (Å²) in [5.74, 6) is 1.92. The summed E-state index contributed by atoms with van der Waals surface area (Å²) < 4.78 is 5.61. The first-order valence-electron chi connectivity index (χ1n) is 7.19. The van der Waals surface area contributed by atoms with Crippen LogP contribution < -0.4 is 5.32 Å². The van der Waals surface area contributed by atoms with Crippen molar-refractivity contribution in [2.75, 3.05) is 33.3 Å². The van der Waals surface area contributed by atoms with Crippen molar-refractivity contribution in [2.45, 2.75) is 45.3 Å². The zero-order chi connectivity index (χ0) is 12.3. The van der Waals surface area contributed by atoms with Crippen LogP contribution >= 0.6 is 0 Å². The topological polar surface area (TPSA) is 24.5 Å². The Balaban J connectivity index is 1.54. The second kappa shape index (κ2) is 6.17. The van der Waals surface area contributed by atoms with Gasteiger partial charge in [0.1, 0.15) is 0 Å². The van der Waals surface area contributed by atoms with Crippen LogP contribution in [0.4, 0.5) is 0 Å². The van der Waals surface area contributed by atoms with Crippen LogP contribution in [0.1, 0.15) is 33.1 Å². The van der Waals surface area contributed by atoms with Gasteiger partial charge in [0.2, 0.25) is 0 Å². The number of nitrogens with zero attached hydrogens (tertiary/aromatic N) is 1. The molecule has 0 spiro atoms. The molecule has 1 N–H and O–H groups in total. The lowest BCUT2D eigenvalue weighted by Gasteiger charge is -2.25. The second-order valence-corrected chi connectivity index (χ2v) is 6.05. The summed E-state index contributed by atoms with van der Waals surface area (Å²) in [6, 6.07) is 0.629. The van der Waals surface area contributed by atoms with Crippen molar-refractivity contribution in [3.8, 4) is 0 Å². The molecule has 0 amide bonds. The van der Waals surface area contributed by atoms with Gasteiger partial charge in [0.25, 0.3) is 0 Å². The summed E-state index contributed by atoms with van der Waals surface area (Å²) in [5.41, 5.74) is 0. The van der Waals surface area contributed by atoms with Crippen LogP contribution in [0.5, 0.6) is 0 Å². The number of hydrogen-bond donors (Lipinski definition) is 1. The van der Waals surface area contributed by atoms with Gasteiger partial charge in [-0.05, 0) is 45.1 Å². The Kier molecular flexibility index (Phi) is 4.83. The number of rotatable bonds is 7. The lowest BCUT2D eigenvalue weighted by Crippen LogP contribution is -2.41. The van der Waals surface area contributed by atoms with E-state index in [0.29, 0.717) is 12.1 Å². The fourth-order valence-electron chi connectivity index (χ4n) is 2.62. The van der Waals surface area contributed by atoms with E-state index in [1.807, 2.05) is 0 Å². The summed E-state index contributed by atoms with van der Waals surface area (Å²) in [6.07, 6.45) is 4.37. The fourth-order valence-corrected chi connectivity index (χ4v) is 2.62. The summed E-state index contributed by atoms with van der Waals surface area (Å²) in [4.78, 5) is 2.50. The minimum atomic E-state index is 0.468. The maximum atomic E-state index is 5.61. The van der Waals surface area contributed by atoms with Crippen molar-refractivity contribution < 1.29 is 4.74 Å². The average molecular weight is 240 g/mol. The maximum Gasteiger partial charge on any atom is 0.0700 e. The van der Waals surface area contributed by atoms with Crippen molar-refractivity contribution in [1.29, 1.82) is 0 Å². The van der Waals surface area contributed by atoms with Crippen LogP contribution in [-0.2, 0) is 4.74 Å². The molecule has 1 heterocycles. The van der Waals surface area contributed by atoms with E-state index in [2.05, 4.69) is 31.1 Å². The van der Waals surface area contributed by atoms with Crippen molar-refractivity contribution in [3.05, 3.63) is 0 Å². The van der Waals surface area contributed by atoms with E-state index in [4.69, 9.17) is 4.74 Å². The lowest BCUT2D eigenvalue weighted by atomic mass is 10.2. The molecule has 4 unspecified atom stereocenters. The van der Waals surface area contributed by atoms with Crippen LogP contribution in [0.3, 0.4) is 0 Å². The predicted molar refractivity (Wildman–Crippen MR) is 71.2 cm³/mol. The highest BCUT2D eigenvalue weighted by Crippen LogP contribution is 2.38. The molecule has 0 radical (unpaired) electrons. The van der Waals surface area contributed by atoms with Gasteiger partial charge in [-0.3, -0.25) is 0 Å². The Bertz CT molecular complexity index is 228. The van der Waals surface area contributed by atoms with Crippen molar-refractivity contribution in [2.24, 2.45) is 11.8 Å². The first-order valence-corrected chi connectivity index (χ1v) is 7.19. The Labute approximate surface area is 106 Å². The van der Waals surface area contributed by atoms with Crippen LogP contribution in [-0.4, -0.2) is 50.3 Å². The molecule has 0 bridgehead atoms. The smallest absolute Gasteiger partial charge is 0.0700 e. The zero-order valence-corrected chi connectivity index (χ0v) is 11.6. The Morgan fingerprint density at radius 1 is 1.47 bits per heavy atom. The fraction of sp³-hybridized carbons (Fsp3) is 1.00. The molecule has 1 saturated carbocycles. The molecule has 2 rings (SSSR count). The third kappa shape index (κ3) is 4.23. The molecule has 0 aromatic rings. The van der Waals surface area contributed by atoms with Crippen LogP contribution in [0, 0.1) is 11.8 Å². The van der Waals surface area contributed by atoms with Crippen molar-refractivity contribution in [3.63, 3.8) is 0 Å². The molecule has 17 heavy (non-hydrogen) atoms. The van der Waals surface area contributed by atoms with E-state index in [1.54, 1.807) is 0 Å².